The summed E-state index contributed by atoms with van der Waals surface area (Å²) in [4.78, 5) is 14.8. The Balaban J connectivity index is 2.13. The third kappa shape index (κ3) is 3.31. The van der Waals surface area contributed by atoms with Crippen LogP contribution in [0.25, 0.3) is 0 Å². The lowest BCUT2D eigenvalue weighted by atomic mass is 10.2. The van der Waals surface area contributed by atoms with Crippen LogP contribution in [-0.4, -0.2) is 11.3 Å². The first-order valence-corrected chi connectivity index (χ1v) is 6.34. The highest BCUT2D eigenvalue weighted by atomic mass is 79.9. The van der Waals surface area contributed by atoms with Crippen LogP contribution in [0.1, 0.15) is 15.9 Å². The minimum Gasteiger partial charge on any atom is -0.488 e. The number of aromatic nitrogens is 1. The molecule has 0 saturated carbocycles. The number of carbonyl (C=O) groups excluding carboxylic acids is 1. The number of aldehydes is 1. The maximum Gasteiger partial charge on any atom is 0.153 e. The number of carbonyl (C=O) groups is 1. The van der Waals surface area contributed by atoms with Crippen molar-refractivity contribution in [3.8, 4) is 5.75 Å². The molecule has 0 atom stereocenters. The number of halogens is 2. The summed E-state index contributed by atoms with van der Waals surface area (Å²) in [5.41, 5.74) is 1.40. The maximum atomic E-state index is 10.9. The zero-order valence-corrected chi connectivity index (χ0v) is 11.6. The molecule has 0 aliphatic rings. The van der Waals surface area contributed by atoms with Gasteiger partial charge in [0.15, 0.2) is 6.29 Å². The van der Waals surface area contributed by atoms with Crippen molar-refractivity contribution in [2.45, 2.75) is 6.61 Å². The van der Waals surface area contributed by atoms with Crippen LogP contribution in [0, 0.1) is 0 Å². The summed E-state index contributed by atoms with van der Waals surface area (Å²) in [6.45, 7) is 0.338. The summed E-state index contributed by atoms with van der Waals surface area (Å²) < 4.78 is 6.42. The molecular formula is C13H9BrClNO2. The summed E-state index contributed by atoms with van der Waals surface area (Å²) in [5, 5.41) is 0.419. The molecule has 0 radical (unpaired) electrons. The second-order valence-electron chi connectivity index (χ2n) is 3.58. The molecule has 0 bridgehead atoms. The molecule has 0 saturated heterocycles. The van der Waals surface area contributed by atoms with E-state index < -0.39 is 0 Å². The van der Waals surface area contributed by atoms with Crippen LogP contribution >= 0.6 is 27.5 Å². The van der Waals surface area contributed by atoms with Gasteiger partial charge < -0.3 is 4.74 Å². The van der Waals surface area contributed by atoms with Gasteiger partial charge in [0.2, 0.25) is 0 Å². The van der Waals surface area contributed by atoms with Crippen molar-refractivity contribution in [1.82, 2.24) is 4.98 Å². The number of benzene rings is 1. The van der Waals surface area contributed by atoms with E-state index in [0.717, 1.165) is 16.3 Å². The molecule has 1 aromatic heterocycles. The van der Waals surface area contributed by atoms with Crippen LogP contribution in [0.5, 0.6) is 5.75 Å². The van der Waals surface area contributed by atoms with Crippen LogP contribution in [0.4, 0.5) is 0 Å². The summed E-state index contributed by atoms with van der Waals surface area (Å²) in [7, 11) is 0. The Bertz CT molecular complexity index is 575. The van der Waals surface area contributed by atoms with E-state index in [1.807, 2.05) is 12.1 Å². The minimum absolute atomic E-state index is 0.338. The monoisotopic (exact) mass is 325 g/mol. The topological polar surface area (TPSA) is 39.2 Å². The third-order valence-electron chi connectivity index (χ3n) is 2.28. The van der Waals surface area contributed by atoms with Gasteiger partial charge in [0, 0.05) is 10.7 Å². The van der Waals surface area contributed by atoms with E-state index in [1.54, 1.807) is 24.4 Å². The van der Waals surface area contributed by atoms with Crippen molar-refractivity contribution in [3.63, 3.8) is 0 Å². The van der Waals surface area contributed by atoms with E-state index in [9.17, 15) is 4.79 Å². The minimum atomic E-state index is 0.338. The summed E-state index contributed by atoms with van der Waals surface area (Å²) in [5.74, 6) is 0.543. The molecule has 0 aliphatic heterocycles. The number of hydrogen-bond acceptors (Lipinski definition) is 3. The van der Waals surface area contributed by atoms with Crippen LogP contribution in [-0.2, 0) is 6.61 Å². The van der Waals surface area contributed by atoms with Crippen molar-refractivity contribution < 1.29 is 9.53 Å². The number of pyridine rings is 1. The van der Waals surface area contributed by atoms with E-state index in [1.165, 1.54) is 0 Å². The predicted molar refractivity (Wildman–Crippen MR) is 73.1 cm³/mol. The Kier molecular flexibility index (Phi) is 4.33. The van der Waals surface area contributed by atoms with Crippen molar-refractivity contribution in [3.05, 3.63) is 57.3 Å². The first kappa shape index (κ1) is 13.1. The third-order valence-corrected chi connectivity index (χ3v) is 2.98. The van der Waals surface area contributed by atoms with Crippen molar-refractivity contribution in [1.29, 1.82) is 0 Å². The fourth-order valence-electron chi connectivity index (χ4n) is 1.44. The molecule has 18 heavy (non-hydrogen) atoms. The van der Waals surface area contributed by atoms with Gasteiger partial charge in [-0.3, -0.25) is 4.79 Å². The Morgan fingerprint density at radius 3 is 2.89 bits per heavy atom. The van der Waals surface area contributed by atoms with Crippen LogP contribution in [0.2, 0.25) is 5.15 Å². The second-order valence-corrected chi connectivity index (χ2v) is 4.88. The normalized spacial score (nSPS) is 10.1. The molecule has 92 valence electrons. The lowest BCUT2D eigenvalue weighted by Gasteiger charge is -2.08. The molecule has 0 unspecified atom stereocenters. The second kappa shape index (κ2) is 5.98. The molecule has 0 spiro atoms. The Hall–Kier alpha value is -1.39. The first-order valence-electron chi connectivity index (χ1n) is 5.17. The number of hydrogen-bond donors (Lipinski definition) is 0. The Labute approximate surface area is 118 Å². The van der Waals surface area contributed by atoms with E-state index in [4.69, 9.17) is 16.3 Å². The fraction of sp³-hybridized carbons (Fsp3) is 0.0769. The number of nitrogens with zero attached hydrogens (tertiary/aromatic N) is 1. The highest BCUT2D eigenvalue weighted by Gasteiger charge is 2.04. The Morgan fingerprint density at radius 1 is 1.33 bits per heavy atom. The standard InChI is InChI=1S/C13H9BrClNO2/c14-11-1-2-12(10(6-11)7-17)18-8-9-3-4-16-13(15)5-9/h1-7H,8H2. The smallest absolute Gasteiger partial charge is 0.153 e. The van der Waals surface area contributed by atoms with Gasteiger partial charge in [0.05, 0.1) is 5.56 Å². The lowest BCUT2D eigenvalue weighted by molar-refractivity contribution is 0.111. The van der Waals surface area contributed by atoms with E-state index >= 15 is 0 Å². The van der Waals surface area contributed by atoms with Gasteiger partial charge in [-0.05, 0) is 35.9 Å². The molecule has 3 nitrogen and oxygen atoms in total. The quantitative estimate of drug-likeness (QED) is 0.632. The van der Waals surface area contributed by atoms with Gasteiger partial charge in [-0.15, -0.1) is 0 Å². The van der Waals surface area contributed by atoms with Gasteiger partial charge in [0.25, 0.3) is 0 Å². The van der Waals surface area contributed by atoms with Gasteiger partial charge in [0.1, 0.15) is 17.5 Å². The van der Waals surface area contributed by atoms with Gasteiger partial charge in [-0.1, -0.05) is 27.5 Å². The maximum absolute atomic E-state index is 10.9. The molecule has 0 aliphatic carbocycles. The molecule has 1 aromatic carbocycles. The summed E-state index contributed by atoms with van der Waals surface area (Å²) in [6.07, 6.45) is 2.38. The lowest BCUT2D eigenvalue weighted by Crippen LogP contribution is -1.98. The van der Waals surface area contributed by atoms with E-state index in [2.05, 4.69) is 20.9 Å². The van der Waals surface area contributed by atoms with Crippen LogP contribution in [0.15, 0.2) is 41.0 Å². The Morgan fingerprint density at radius 2 is 2.17 bits per heavy atom. The highest BCUT2D eigenvalue weighted by Crippen LogP contribution is 2.22. The van der Waals surface area contributed by atoms with Crippen molar-refractivity contribution >= 4 is 33.8 Å². The average Bonchev–Trinajstić information content (AvgIpc) is 2.37. The fourth-order valence-corrected chi connectivity index (χ4v) is 2.01. The zero-order chi connectivity index (χ0) is 13.0. The van der Waals surface area contributed by atoms with Crippen LogP contribution in [0.3, 0.4) is 0 Å². The largest absolute Gasteiger partial charge is 0.488 e. The molecule has 0 amide bonds. The van der Waals surface area contributed by atoms with Crippen molar-refractivity contribution in [2.24, 2.45) is 0 Å². The first-order chi connectivity index (χ1) is 8.69. The van der Waals surface area contributed by atoms with E-state index in [0.29, 0.717) is 23.1 Å². The SMILES string of the molecule is O=Cc1cc(Br)ccc1OCc1ccnc(Cl)c1. The molecular weight excluding hydrogens is 318 g/mol. The van der Waals surface area contributed by atoms with Gasteiger partial charge >= 0.3 is 0 Å². The predicted octanol–water partition coefficient (Wildman–Crippen LogP) is 3.89. The van der Waals surface area contributed by atoms with Crippen molar-refractivity contribution in [2.75, 3.05) is 0 Å². The highest BCUT2D eigenvalue weighted by molar-refractivity contribution is 9.10. The van der Waals surface area contributed by atoms with Crippen LogP contribution < -0.4 is 4.74 Å². The van der Waals surface area contributed by atoms with Gasteiger partial charge in [-0.2, -0.15) is 0 Å². The number of ether oxygens (including phenoxy) is 1. The molecule has 0 fully saturated rings. The zero-order valence-electron chi connectivity index (χ0n) is 9.27. The molecule has 1 heterocycles. The molecule has 2 aromatic rings. The summed E-state index contributed by atoms with van der Waals surface area (Å²) >= 11 is 9.08. The average molecular weight is 327 g/mol. The molecule has 2 rings (SSSR count). The number of rotatable bonds is 4. The van der Waals surface area contributed by atoms with Gasteiger partial charge in [-0.25, -0.2) is 4.98 Å². The molecule has 5 heteroatoms. The van der Waals surface area contributed by atoms with E-state index in [-0.39, 0.29) is 0 Å². The summed E-state index contributed by atoms with van der Waals surface area (Å²) in [6, 6.07) is 8.81. The molecule has 0 N–H and O–H groups in total.